The molecule has 1 fully saturated rings. The lowest BCUT2D eigenvalue weighted by molar-refractivity contribution is 0.104. The molecular weight excluding hydrogens is 300 g/mol. The van der Waals surface area contributed by atoms with Gasteiger partial charge < -0.3 is 9.64 Å². The van der Waals surface area contributed by atoms with Crippen LogP contribution in [-0.2, 0) is 4.74 Å². The Morgan fingerprint density at radius 3 is 2.58 bits per heavy atom. The Morgan fingerprint density at radius 1 is 1.12 bits per heavy atom. The van der Waals surface area contributed by atoms with Crippen LogP contribution in [0.25, 0.3) is 6.08 Å². The first-order chi connectivity index (χ1) is 11.8. The summed E-state index contributed by atoms with van der Waals surface area (Å²) < 4.78 is 5.36. The normalized spacial score (nSPS) is 14.5. The number of ether oxygens (including phenoxy) is 1. The molecule has 2 aromatic carbocycles. The van der Waals surface area contributed by atoms with Gasteiger partial charge in [0.25, 0.3) is 0 Å². The zero-order chi connectivity index (χ0) is 16.8. The van der Waals surface area contributed by atoms with Crippen molar-refractivity contribution in [1.82, 2.24) is 0 Å². The first-order valence-corrected chi connectivity index (χ1v) is 7.91. The second kappa shape index (κ2) is 7.58. The molecule has 0 radical (unpaired) electrons. The zero-order valence-corrected chi connectivity index (χ0v) is 13.3. The Hall–Kier alpha value is -2.90. The summed E-state index contributed by atoms with van der Waals surface area (Å²) in [5.41, 5.74) is 3.23. The highest BCUT2D eigenvalue weighted by atomic mass is 16.5. The monoisotopic (exact) mass is 318 g/mol. The van der Waals surface area contributed by atoms with Gasteiger partial charge in [-0.2, -0.15) is 5.26 Å². The fourth-order valence-electron chi connectivity index (χ4n) is 2.61. The number of allylic oxidation sites excluding steroid dienone is 1. The quantitative estimate of drug-likeness (QED) is 0.641. The fraction of sp³-hybridized carbons (Fsp3) is 0.200. The van der Waals surface area contributed by atoms with E-state index >= 15 is 0 Å². The van der Waals surface area contributed by atoms with E-state index in [-0.39, 0.29) is 5.78 Å². The van der Waals surface area contributed by atoms with Gasteiger partial charge in [0.05, 0.1) is 24.8 Å². The first kappa shape index (κ1) is 16.0. The molecule has 4 nitrogen and oxygen atoms in total. The number of hydrogen-bond acceptors (Lipinski definition) is 4. The van der Waals surface area contributed by atoms with Crippen LogP contribution in [0.1, 0.15) is 21.5 Å². The number of benzene rings is 2. The largest absolute Gasteiger partial charge is 0.378 e. The van der Waals surface area contributed by atoms with Crippen molar-refractivity contribution in [2.75, 3.05) is 31.2 Å². The number of carbonyl (C=O) groups excluding carboxylic acids is 1. The second-order valence-corrected chi connectivity index (χ2v) is 5.58. The summed E-state index contributed by atoms with van der Waals surface area (Å²) >= 11 is 0. The predicted octanol–water partition coefficient (Wildman–Crippen LogP) is 3.29. The Kier molecular flexibility index (Phi) is 5.05. The van der Waals surface area contributed by atoms with E-state index in [9.17, 15) is 4.79 Å². The average molecular weight is 318 g/mol. The maximum atomic E-state index is 12.4. The lowest BCUT2D eigenvalue weighted by atomic mass is 10.1. The maximum Gasteiger partial charge on any atom is 0.185 e. The smallest absolute Gasteiger partial charge is 0.185 e. The number of rotatable bonds is 4. The van der Waals surface area contributed by atoms with Crippen molar-refractivity contribution >= 4 is 17.5 Å². The molecule has 0 unspecified atom stereocenters. The van der Waals surface area contributed by atoms with Crippen molar-refractivity contribution in [2.45, 2.75) is 0 Å². The molecule has 2 aromatic rings. The maximum absolute atomic E-state index is 12.4. The molecule has 0 amide bonds. The molecule has 0 bridgehead atoms. The van der Waals surface area contributed by atoms with Crippen molar-refractivity contribution in [3.05, 3.63) is 71.3 Å². The van der Waals surface area contributed by atoms with Gasteiger partial charge in [-0.1, -0.05) is 30.3 Å². The van der Waals surface area contributed by atoms with E-state index in [0.717, 1.165) is 37.6 Å². The summed E-state index contributed by atoms with van der Waals surface area (Å²) in [7, 11) is 0. The third-order valence-corrected chi connectivity index (χ3v) is 3.97. The van der Waals surface area contributed by atoms with E-state index in [1.54, 1.807) is 24.3 Å². The first-order valence-electron chi connectivity index (χ1n) is 7.91. The van der Waals surface area contributed by atoms with Crippen LogP contribution in [0.3, 0.4) is 0 Å². The number of nitriles is 1. The Balaban J connectivity index is 1.72. The fourth-order valence-corrected chi connectivity index (χ4v) is 2.61. The number of carbonyl (C=O) groups is 1. The molecule has 1 heterocycles. The van der Waals surface area contributed by atoms with Crippen LogP contribution in [0, 0.1) is 11.3 Å². The molecule has 1 aliphatic heterocycles. The van der Waals surface area contributed by atoms with Crippen LogP contribution in [-0.4, -0.2) is 32.1 Å². The summed E-state index contributed by atoms with van der Waals surface area (Å²) in [4.78, 5) is 14.6. The molecule has 0 aliphatic carbocycles. The zero-order valence-electron chi connectivity index (χ0n) is 13.3. The molecule has 1 saturated heterocycles. The van der Waals surface area contributed by atoms with Gasteiger partial charge in [-0.3, -0.25) is 4.79 Å². The predicted molar refractivity (Wildman–Crippen MR) is 94.0 cm³/mol. The minimum absolute atomic E-state index is 0.0329. The van der Waals surface area contributed by atoms with Gasteiger partial charge in [0.1, 0.15) is 0 Å². The summed E-state index contributed by atoms with van der Waals surface area (Å²) in [6.45, 7) is 3.13. The number of hydrogen-bond donors (Lipinski definition) is 0. The van der Waals surface area contributed by atoms with Crippen LogP contribution in [0.15, 0.2) is 54.6 Å². The van der Waals surface area contributed by atoms with E-state index in [2.05, 4.69) is 11.0 Å². The Bertz CT molecular complexity index is 782. The topological polar surface area (TPSA) is 53.3 Å². The van der Waals surface area contributed by atoms with Crippen LogP contribution >= 0.6 is 0 Å². The molecule has 3 rings (SSSR count). The van der Waals surface area contributed by atoms with Crippen molar-refractivity contribution in [2.24, 2.45) is 0 Å². The highest BCUT2D eigenvalue weighted by molar-refractivity contribution is 6.07. The molecule has 4 heteroatoms. The summed E-state index contributed by atoms with van der Waals surface area (Å²) in [6.07, 6.45) is 3.34. The van der Waals surface area contributed by atoms with Gasteiger partial charge in [-0.15, -0.1) is 0 Å². The third-order valence-electron chi connectivity index (χ3n) is 3.97. The molecule has 24 heavy (non-hydrogen) atoms. The van der Waals surface area contributed by atoms with Gasteiger partial charge in [-0.25, -0.2) is 0 Å². The van der Waals surface area contributed by atoms with Crippen molar-refractivity contribution in [1.29, 1.82) is 5.26 Å². The highest BCUT2D eigenvalue weighted by Crippen LogP contribution is 2.18. The lowest BCUT2D eigenvalue weighted by Crippen LogP contribution is -2.36. The van der Waals surface area contributed by atoms with Crippen molar-refractivity contribution < 1.29 is 9.53 Å². The third kappa shape index (κ3) is 3.89. The van der Waals surface area contributed by atoms with E-state index < -0.39 is 0 Å². The molecule has 1 aliphatic rings. The highest BCUT2D eigenvalue weighted by Gasteiger charge is 2.12. The van der Waals surface area contributed by atoms with Crippen molar-refractivity contribution in [3.8, 4) is 6.07 Å². The standard InChI is InChI=1S/C20H18N2O2/c21-15-17-6-4-16(5-7-17)8-9-20(23)18-2-1-3-19(14-18)22-10-12-24-13-11-22/h1-9,14H,10-13H2/b9-8+. The molecule has 0 spiro atoms. The van der Waals surface area contributed by atoms with Gasteiger partial charge >= 0.3 is 0 Å². The molecule has 0 saturated carbocycles. The SMILES string of the molecule is N#Cc1ccc(/C=C/C(=O)c2cccc(N3CCOCC3)c2)cc1. The Morgan fingerprint density at radius 2 is 1.88 bits per heavy atom. The second-order valence-electron chi connectivity index (χ2n) is 5.58. The number of morpholine rings is 1. The average Bonchev–Trinajstić information content (AvgIpc) is 2.67. The van der Waals surface area contributed by atoms with E-state index in [4.69, 9.17) is 10.00 Å². The van der Waals surface area contributed by atoms with E-state index in [1.807, 2.05) is 36.4 Å². The van der Waals surface area contributed by atoms with Crippen LogP contribution in [0.4, 0.5) is 5.69 Å². The van der Waals surface area contributed by atoms with E-state index in [0.29, 0.717) is 11.1 Å². The molecule has 0 N–H and O–H groups in total. The van der Waals surface area contributed by atoms with Crippen molar-refractivity contribution in [3.63, 3.8) is 0 Å². The van der Waals surface area contributed by atoms with Gasteiger partial charge in [0.2, 0.25) is 0 Å². The van der Waals surface area contributed by atoms with Gasteiger partial charge in [0.15, 0.2) is 5.78 Å². The summed E-state index contributed by atoms with van der Waals surface area (Å²) in [6, 6.07) is 16.9. The van der Waals surface area contributed by atoms with Crippen LogP contribution < -0.4 is 4.90 Å². The van der Waals surface area contributed by atoms with E-state index in [1.165, 1.54) is 0 Å². The van der Waals surface area contributed by atoms with Crippen LogP contribution in [0.2, 0.25) is 0 Å². The molecule has 0 aromatic heterocycles. The number of nitrogens with zero attached hydrogens (tertiary/aromatic N) is 2. The molecular formula is C20H18N2O2. The van der Waals surface area contributed by atoms with Crippen LogP contribution in [0.5, 0.6) is 0 Å². The van der Waals surface area contributed by atoms with Gasteiger partial charge in [0, 0.05) is 24.3 Å². The molecule has 0 atom stereocenters. The number of ketones is 1. The van der Waals surface area contributed by atoms with Gasteiger partial charge in [-0.05, 0) is 35.9 Å². The Labute approximate surface area is 141 Å². The lowest BCUT2D eigenvalue weighted by Gasteiger charge is -2.29. The summed E-state index contributed by atoms with van der Waals surface area (Å²) in [5.74, 6) is -0.0329. The summed E-state index contributed by atoms with van der Waals surface area (Å²) in [5, 5.41) is 8.79. The minimum atomic E-state index is -0.0329. The molecule has 120 valence electrons. The minimum Gasteiger partial charge on any atom is -0.378 e. The number of anilines is 1.